The summed E-state index contributed by atoms with van der Waals surface area (Å²) in [6.07, 6.45) is -4.05. The van der Waals surface area contributed by atoms with E-state index in [1.54, 1.807) is 36.1 Å². The largest absolute Gasteiger partial charge is 0.573 e. The number of carboxylic acids is 1. The number of halogens is 3. The Hall–Kier alpha value is -4.25. The number of rotatable bonds is 15. The summed E-state index contributed by atoms with van der Waals surface area (Å²) in [5, 5.41) is 12.0. The van der Waals surface area contributed by atoms with Crippen LogP contribution in [0.2, 0.25) is 0 Å². The first-order valence-corrected chi connectivity index (χ1v) is 13.1. The van der Waals surface area contributed by atoms with E-state index >= 15 is 0 Å². The maximum atomic E-state index is 13.1. The summed E-state index contributed by atoms with van der Waals surface area (Å²) in [6.45, 7) is 2.90. The van der Waals surface area contributed by atoms with Crippen molar-refractivity contribution >= 4 is 17.7 Å². The highest BCUT2D eigenvalue weighted by atomic mass is 19.4. The summed E-state index contributed by atoms with van der Waals surface area (Å²) in [7, 11) is 0. The number of hydrogen-bond donors (Lipinski definition) is 2. The van der Waals surface area contributed by atoms with Crippen molar-refractivity contribution in [2.45, 2.75) is 38.7 Å². The monoisotopic (exact) mass is 574 g/mol. The number of carbonyl (C=O) groups is 2. The molecule has 0 fully saturated rings. The molecule has 3 aromatic rings. The fourth-order valence-corrected chi connectivity index (χ4v) is 4.00. The Morgan fingerprint density at radius 1 is 0.902 bits per heavy atom. The summed E-state index contributed by atoms with van der Waals surface area (Å²) in [5.41, 5.74) is 2.24. The molecule has 0 saturated heterocycles. The van der Waals surface area contributed by atoms with Gasteiger partial charge in [-0.05, 0) is 67.3 Å². The summed E-state index contributed by atoms with van der Waals surface area (Å²) in [4.78, 5) is 26.0. The van der Waals surface area contributed by atoms with E-state index in [-0.39, 0.29) is 25.3 Å². The van der Waals surface area contributed by atoms with Gasteiger partial charge < -0.3 is 29.5 Å². The number of urea groups is 1. The van der Waals surface area contributed by atoms with Crippen LogP contribution in [0.1, 0.15) is 24.5 Å². The zero-order chi connectivity index (χ0) is 29.7. The molecular weight excluding hydrogens is 541 g/mol. The lowest BCUT2D eigenvalue weighted by Crippen LogP contribution is -2.38. The lowest BCUT2D eigenvalue weighted by atomic mass is 10.1. The fourth-order valence-electron chi connectivity index (χ4n) is 4.00. The SMILES string of the molecule is CCOC(Cc1ccc(OCCN(CCCc2ccccc2)C(=O)Nc2ccc(OC(F)(F)F)cc2)cc1)C(=O)O. The molecule has 3 rings (SSSR count). The molecule has 0 radical (unpaired) electrons. The van der Waals surface area contributed by atoms with E-state index in [0.717, 1.165) is 29.7 Å². The first kappa shape index (κ1) is 31.3. The van der Waals surface area contributed by atoms with Crippen molar-refractivity contribution in [1.82, 2.24) is 4.90 Å². The summed E-state index contributed by atoms with van der Waals surface area (Å²) >= 11 is 0. The van der Waals surface area contributed by atoms with Crippen molar-refractivity contribution in [1.29, 1.82) is 0 Å². The Kier molecular flexibility index (Phi) is 11.8. The molecule has 0 heterocycles. The Labute approximate surface area is 236 Å². The highest BCUT2D eigenvalue weighted by Gasteiger charge is 2.31. The number of anilines is 1. The van der Waals surface area contributed by atoms with Crippen molar-refractivity contribution in [2.24, 2.45) is 0 Å². The summed E-state index contributed by atoms with van der Waals surface area (Å²) in [6, 6.07) is 21.3. The van der Waals surface area contributed by atoms with Crippen molar-refractivity contribution < 1.29 is 42.1 Å². The van der Waals surface area contributed by atoms with Crippen molar-refractivity contribution in [2.75, 3.05) is 31.6 Å². The number of aliphatic carboxylic acids is 1. The van der Waals surface area contributed by atoms with E-state index in [1.165, 1.54) is 12.1 Å². The van der Waals surface area contributed by atoms with E-state index in [9.17, 15) is 27.9 Å². The standard InChI is InChI=1S/C30H33F3N2O6/c1-2-39-27(28(36)37)21-23-10-14-25(15-11-23)40-20-19-35(18-6-9-22-7-4-3-5-8-22)29(38)34-24-12-16-26(17-13-24)41-30(31,32)33/h3-5,7-8,10-17,27H,2,6,9,18-21H2,1H3,(H,34,38)(H,36,37). The number of aryl methyl sites for hydroxylation is 1. The van der Waals surface area contributed by atoms with Gasteiger partial charge in [0.1, 0.15) is 18.1 Å². The molecule has 0 aromatic heterocycles. The molecule has 0 aliphatic heterocycles. The van der Waals surface area contributed by atoms with Crippen LogP contribution in [0.5, 0.6) is 11.5 Å². The minimum atomic E-state index is -4.80. The molecule has 8 nitrogen and oxygen atoms in total. The molecule has 1 atom stereocenters. The maximum absolute atomic E-state index is 13.1. The van der Waals surface area contributed by atoms with Crippen LogP contribution >= 0.6 is 0 Å². The van der Waals surface area contributed by atoms with Gasteiger partial charge in [0.2, 0.25) is 0 Å². The van der Waals surface area contributed by atoms with Crippen LogP contribution < -0.4 is 14.8 Å². The predicted molar refractivity (Wildman–Crippen MR) is 147 cm³/mol. The second-order valence-electron chi connectivity index (χ2n) is 9.06. The maximum Gasteiger partial charge on any atom is 0.573 e. The third-order valence-electron chi connectivity index (χ3n) is 5.98. The number of benzene rings is 3. The molecule has 2 N–H and O–H groups in total. The third kappa shape index (κ3) is 11.4. The van der Waals surface area contributed by atoms with Gasteiger partial charge in [-0.2, -0.15) is 0 Å². The number of nitrogens with zero attached hydrogens (tertiary/aromatic N) is 1. The van der Waals surface area contributed by atoms with E-state index in [4.69, 9.17) is 9.47 Å². The van der Waals surface area contributed by atoms with Gasteiger partial charge in [-0.3, -0.25) is 0 Å². The van der Waals surface area contributed by atoms with Gasteiger partial charge in [-0.15, -0.1) is 13.2 Å². The Morgan fingerprint density at radius 3 is 2.17 bits per heavy atom. The minimum absolute atomic E-state index is 0.188. The van der Waals surface area contributed by atoms with Crippen molar-refractivity contribution in [3.63, 3.8) is 0 Å². The molecule has 11 heteroatoms. The van der Waals surface area contributed by atoms with Crippen molar-refractivity contribution in [3.05, 3.63) is 90.0 Å². The molecule has 2 amide bonds. The highest BCUT2D eigenvalue weighted by Crippen LogP contribution is 2.24. The Bertz CT molecular complexity index is 1220. The zero-order valence-corrected chi connectivity index (χ0v) is 22.6. The van der Waals surface area contributed by atoms with Gasteiger partial charge >= 0.3 is 18.4 Å². The average molecular weight is 575 g/mol. The molecule has 1 unspecified atom stereocenters. The highest BCUT2D eigenvalue weighted by molar-refractivity contribution is 5.89. The van der Waals surface area contributed by atoms with E-state index in [0.29, 0.717) is 31.0 Å². The average Bonchev–Trinajstić information content (AvgIpc) is 2.93. The smallest absolute Gasteiger partial charge is 0.492 e. The van der Waals surface area contributed by atoms with Gasteiger partial charge in [0.25, 0.3) is 0 Å². The summed E-state index contributed by atoms with van der Waals surface area (Å²) < 4.78 is 52.2. The molecule has 0 aliphatic carbocycles. The number of hydrogen-bond acceptors (Lipinski definition) is 5. The Morgan fingerprint density at radius 2 is 1.56 bits per heavy atom. The van der Waals surface area contributed by atoms with Crippen LogP contribution in [0.3, 0.4) is 0 Å². The lowest BCUT2D eigenvalue weighted by Gasteiger charge is -2.23. The Balaban J connectivity index is 1.57. The molecule has 0 aliphatic rings. The zero-order valence-electron chi connectivity index (χ0n) is 22.6. The third-order valence-corrected chi connectivity index (χ3v) is 5.98. The number of amides is 2. The van der Waals surface area contributed by atoms with Gasteiger partial charge in [-0.1, -0.05) is 42.5 Å². The molecule has 220 valence electrons. The molecule has 0 spiro atoms. The van der Waals surface area contributed by atoms with Crippen LogP contribution in [-0.4, -0.2) is 60.8 Å². The van der Waals surface area contributed by atoms with Gasteiger partial charge in [0, 0.05) is 25.3 Å². The molecule has 0 saturated carbocycles. The van der Waals surface area contributed by atoms with E-state index < -0.39 is 24.5 Å². The van der Waals surface area contributed by atoms with Gasteiger partial charge in [0.15, 0.2) is 6.10 Å². The topological polar surface area (TPSA) is 97.3 Å². The molecule has 0 bridgehead atoms. The normalized spacial score (nSPS) is 11.9. The minimum Gasteiger partial charge on any atom is -0.492 e. The van der Waals surface area contributed by atoms with Crippen LogP contribution in [0.15, 0.2) is 78.9 Å². The number of nitrogens with one attached hydrogen (secondary N) is 1. The molecule has 3 aromatic carbocycles. The first-order valence-electron chi connectivity index (χ1n) is 13.1. The quantitative estimate of drug-likeness (QED) is 0.226. The van der Waals surface area contributed by atoms with Crippen LogP contribution in [0, 0.1) is 0 Å². The second kappa shape index (κ2) is 15.5. The van der Waals surface area contributed by atoms with Gasteiger partial charge in [-0.25, -0.2) is 9.59 Å². The van der Waals surface area contributed by atoms with Crippen molar-refractivity contribution in [3.8, 4) is 11.5 Å². The number of carboxylic acid groups (broad SMARTS) is 1. The number of alkyl halides is 3. The number of carbonyl (C=O) groups excluding carboxylic acids is 1. The predicted octanol–water partition coefficient (Wildman–Crippen LogP) is 6.16. The fraction of sp³-hybridized carbons (Fsp3) is 0.333. The van der Waals surface area contributed by atoms with E-state index in [1.807, 2.05) is 30.3 Å². The van der Waals surface area contributed by atoms with Gasteiger partial charge in [0.05, 0.1) is 6.54 Å². The second-order valence-corrected chi connectivity index (χ2v) is 9.06. The molecule has 41 heavy (non-hydrogen) atoms. The molecular formula is C30H33F3N2O6. The summed E-state index contributed by atoms with van der Waals surface area (Å²) in [5.74, 6) is -0.851. The first-order chi connectivity index (χ1) is 19.6. The van der Waals surface area contributed by atoms with Crippen LogP contribution in [0.25, 0.3) is 0 Å². The van der Waals surface area contributed by atoms with Crippen LogP contribution in [0.4, 0.5) is 23.7 Å². The number of ether oxygens (including phenoxy) is 3. The lowest BCUT2D eigenvalue weighted by molar-refractivity contribution is -0.274. The van der Waals surface area contributed by atoms with Crippen LogP contribution in [-0.2, 0) is 22.4 Å². The van der Waals surface area contributed by atoms with E-state index in [2.05, 4.69) is 10.1 Å².